The van der Waals surface area contributed by atoms with Gasteiger partial charge in [-0.2, -0.15) is 0 Å². The van der Waals surface area contributed by atoms with Crippen LogP contribution in [-0.4, -0.2) is 25.0 Å². The fourth-order valence-electron chi connectivity index (χ4n) is 2.56. The zero-order chi connectivity index (χ0) is 13.8. The first-order valence-electron chi connectivity index (χ1n) is 6.98. The fraction of sp³-hybridized carbons (Fsp3) is 0.412. The minimum Gasteiger partial charge on any atom is -0.328 e. The normalized spacial score (nSPS) is 14.8. The van der Waals surface area contributed by atoms with Gasteiger partial charge in [0.25, 0.3) is 0 Å². The van der Waals surface area contributed by atoms with E-state index in [1.807, 2.05) is 0 Å². The van der Waals surface area contributed by atoms with Crippen LogP contribution < -0.4 is 5.73 Å². The smallest absolute Gasteiger partial charge is 0.0342 e. The van der Waals surface area contributed by atoms with Gasteiger partial charge in [-0.3, -0.25) is 0 Å². The van der Waals surface area contributed by atoms with Crippen LogP contribution in [0.2, 0.25) is 0 Å². The second-order valence-corrected chi connectivity index (χ2v) is 5.64. The summed E-state index contributed by atoms with van der Waals surface area (Å²) < 4.78 is 0. The SMILES string of the molecule is CC(N)CCC(c1ccc2ccccc2c1)N(C)C. The summed E-state index contributed by atoms with van der Waals surface area (Å²) in [6.07, 6.45) is 2.15. The summed E-state index contributed by atoms with van der Waals surface area (Å²) in [5.41, 5.74) is 7.27. The first kappa shape index (κ1) is 14.0. The Morgan fingerprint density at radius 1 is 1.00 bits per heavy atom. The molecule has 2 aromatic carbocycles. The zero-order valence-corrected chi connectivity index (χ0v) is 12.1. The summed E-state index contributed by atoms with van der Waals surface area (Å²) in [6, 6.07) is 16.0. The van der Waals surface area contributed by atoms with Gasteiger partial charge in [0.2, 0.25) is 0 Å². The lowest BCUT2D eigenvalue weighted by atomic mass is 9.96. The van der Waals surface area contributed by atoms with Gasteiger partial charge in [0.05, 0.1) is 0 Å². The highest BCUT2D eigenvalue weighted by Crippen LogP contribution is 2.27. The van der Waals surface area contributed by atoms with Crippen molar-refractivity contribution in [2.75, 3.05) is 14.1 Å². The molecule has 0 spiro atoms. The number of nitrogens with zero attached hydrogens (tertiary/aromatic N) is 1. The van der Waals surface area contributed by atoms with Crippen molar-refractivity contribution in [1.29, 1.82) is 0 Å². The molecule has 0 heterocycles. The standard InChI is InChI=1S/C17H24N2/c1-13(18)8-11-17(19(2)3)16-10-9-14-6-4-5-7-15(14)12-16/h4-7,9-10,12-13,17H,8,11,18H2,1-3H3. The maximum atomic E-state index is 5.89. The molecule has 2 unspecified atom stereocenters. The minimum atomic E-state index is 0.267. The number of hydrogen-bond donors (Lipinski definition) is 1. The number of rotatable bonds is 5. The molecule has 19 heavy (non-hydrogen) atoms. The Balaban J connectivity index is 2.28. The van der Waals surface area contributed by atoms with E-state index in [2.05, 4.69) is 68.4 Å². The molecule has 0 saturated carbocycles. The van der Waals surface area contributed by atoms with Crippen molar-refractivity contribution in [3.05, 3.63) is 48.0 Å². The molecular formula is C17H24N2. The first-order valence-corrected chi connectivity index (χ1v) is 6.98. The van der Waals surface area contributed by atoms with Crippen LogP contribution in [0.3, 0.4) is 0 Å². The molecule has 0 bridgehead atoms. The summed E-state index contributed by atoms with van der Waals surface area (Å²) in [6.45, 7) is 2.08. The van der Waals surface area contributed by atoms with Gasteiger partial charge in [-0.05, 0) is 56.3 Å². The van der Waals surface area contributed by atoms with E-state index < -0.39 is 0 Å². The molecule has 102 valence electrons. The van der Waals surface area contributed by atoms with Crippen molar-refractivity contribution in [2.45, 2.75) is 31.8 Å². The third-order valence-corrected chi connectivity index (χ3v) is 3.68. The van der Waals surface area contributed by atoms with E-state index in [1.165, 1.54) is 16.3 Å². The Kier molecular flexibility index (Phi) is 4.56. The molecule has 0 aliphatic carbocycles. The van der Waals surface area contributed by atoms with E-state index in [0.29, 0.717) is 6.04 Å². The largest absolute Gasteiger partial charge is 0.328 e. The minimum absolute atomic E-state index is 0.267. The third kappa shape index (κ3) is 3.55. The Hall–Kier alpha value is -1.38. The van der Waals surface area contributed by atoms with E-state index in [1.54, 1.807) is 0 Å². The zero-order valence-electron chi connectivity index (χ0n) is 12.1. The lowest BCUT2D eigenvalue weighted by Gasteiger charge is -2.26. The van der Waals surface area contributed by atoms with Crippen molar-refractivity contribution in [2.24, 2.45) is 5.73 Å². The summed E-state index contributed by atoms with van der Waals surface area (Å²) in [4.78, 5) is 2.28. The number of nitrogens with two attached hydrogens (primary N) is 1. The van der Waals surface area contributed by atoms with E-state index in [-0.39, 0.29) is 6.04 Å². The van der Waals surface area contributed by atoms with Gasteiger partial charge in [-0.1, -0.05) is 36.4 Å². The van der Waals surface area contributed by atoms with Crippen LogP contribution in [0.5, 0.6) is 0 Å². The van der Waals surface area contributed by atoms with Crippen LogP contribution >= 0.6 is 0 Å². The van der Waals surface area contributed by atoms with Gasteiger partial charge < -0.3 is 10.6 Å². The van der Waals surface area contributed by atoms with Gasteiger partial charge in [-0.15, -0.1) is 0 Å². The summed E-state index contributed by atoms with van der Waals surface area (Å²) >= 11 is 0. The summed E-state index contributed by atoms with van der Waals surface area (Å²) in [5.74, 6) is 0. The first-order chi connectivity index (χ1) is 9.08. The Labute approximate surface area is 116 Å². The molecule has 2 atom stereocenters. The average molecular weight is 256 g/mol. The van der Waals surface area contributed by atoms with Crippen molar-refractivity contribution in [3.63, 3.8) is 0 Å². The molecule has 0 aromatic heterocycles. The van der Waals surface area contributed by atoms with E-state index in [4.69, 9.17) is 5.73 Å². The molecule has 2 heteroatoms. The van der Waals surface area contributed by atoms with Crippen LogP contribution in [0.15, 0.2) is 42.5 Å². The van der Waals surface area contributed by atoms with Crippen molar-refractivity contribution in [1.82, 2.24) is 4.90 Å². The maximum absolute atomic E-state index is 5.89. The van der Waals surface area contributed by atoms with Gasteiger partial charge in [0, 0.05) is 12.1 Å². The molecular weight excluding hydrogens is 232 g/mol. The van der Waals surface area contributed by atoms with Gasteiger partial charge >= 0.3 is 0 Å². The van der Waals surface area contributed by atoms with Crippen molar-refractivity contribution >= 4 is 10.8 Å². The molecule has 0 fully saturated rings. The van der Waals surface area contributed by atoms with Crippen LogP contribution in [0.1, 0.15) is 31.4 Å². The molecule has 2 aromatic rings. The van der Waals surface area contributed by atoms with Gasteiger partial charge in [0.1, 0.15) is 0 Å². The Morgan fingerprint density at radius 3 is 2.32 bits per heavy atom. The fourth-order valence-corrected chi connectivity index (χ4v) is 2.56. The molecule has 0 aliphatic heterocycles. The number of benzene rings is 2. The van der Waals surface area contributed by atoms with Crippen LogP contribution in [0, 0.1) is 0 Å². The highest BCUT2D eigenvalue weighted by atomic mass is 15.1. The Bertz CT molecular complexity index is 532. The van der Waals surface area contributed by atoms with Gasteiger partial charge in [-0.25, -0.2) is 0 Å². The van der Waals surface area contributed by atoms with E-state index in [0.717, 1.165) is 12.8 Å². The van der Waals surface area contributed by atoms with E-state index >= 15 is 0 Å². The topological polar surface area (TPSA) is 29.3 Å². The van der Waals surface area contributed by atoms with Crippen molar-refractivity contribution < 1.29 is 0 Å². The molecule has 2 nitrogen and oxygen atoms in total. The highest BCUT2D eigenvalue weighted by molar-refractivity contribution is 5.83. The van der Waals surface area contributed by atoms with Crippen LogP contribution in [-0.2, 0) is 0 Å². The van der Waals surface area contributed by atoms with E-state index in [9.17, 15) is 0 Å². The highest BCUT2D eigenvalue weighted by Gasteiger charge is 2.14. The third-order valence-electron chi connectivity index (χ3n) is 3.68. The summed E-state index contributed by atoms with van der Waals surface area (Å²) in [5, 5.41) is 2.61. The average Bonchev–Trinajstić information content (AvgIpc) is 2.38. The molecule has 0 aliphatic rings. The summed E-state index contributed by atoms with van der Waals surface area (Å²) in [7, 11) is 4.28. The second kappa shape index (κ2) is 6.18. The molecule has 0 radical (unpaired) electrons. The maximum Gasteiger partial charge on any atom is 0.0342 e. The quantitative estimate of drug-likeness (QED) is 0.886. The number of hydrogen-bond acceptors (Lipinski definition) is 2. The monoisotopic (exact) mass is 256 g/mol. The predicted octanol–water partition coefficient (Wildman–Crippen LogP) is 3.57. The lowest BCUT2D eigenvalue weighted by Crippen LogP contribution is -2.23. The molecule has 2 rings (SSSR count). The second-order valence-electron chi connectivity index (χ2n) is 5.64. The van der Waals surface area contributed by atoms with Crippen LogP contribution in [0.25, 0.3) is 10.8 Å². The predicted molar refractivity (Wildman–Crippen MR) is 83.3 cm³/mol. The molecule has 0 saturated heterocycles. The molecule has 0 amide bonds. The number of fused-ring (bicyclic) bond motifs is 1. The molecule has 2 N–H and O–H groups in total. The van der Waals surface area contributed by atoms with Crippen LogP contribution in [0.4, 0.5) is 0 Å². The lowest BCUT2D eigenvalue weighted by molar-refractivity contribution is 0.275. The van der Waals surface area contributed by atoms with Crippen molar-refractivity contribution in [3.8, 4) is 0 Å². The van der Waals surface area contributed by atoms with Gasteiger partial charge in [0.15, 0.2) is 0 Å². The Morgan fingerprint density at radius 2 is 1.68 bits per heavy atom.